The number of amidine groups is 1. The van der Waals surface area contributed by atoms with Crippen LogP contribution >= 0.6 is 0 Å². The molecule has 0 bridgehead atoms. The van der Waals surface area contributed by atoms with Gasteiger partial charge in [0.25, 0.3) is 0 Å². The van der Waals surface area contributed by atoms with Crippen LogP contribution in [-0.2, 0) is 7.05 Å². The second kappa shape index (κ2) is 6.44. The lowest BCUT2D eigenvalue weighted by Crippen LogP contribution is -1.96. The molecule has 4 rings (SSSR count). The van der Waals surface area contributed by atoms with Gasteiger partial charge in [0.05, 0.1) is 0 Å². The van der Waals surface area contributed by atoms with E-state index in [9.17, 15) is 0 Å². The van der Waals surface area contributed by atoms with E-state index in [2.05, 4.69) is 59.9 Å². The molecule has 0 amide bonds. The zero-order chi connectivity index (χ0) is 17.3. The molecule has 24 heavy (non-hydrogen) atoms. The minimum Gasteiger partial charge on any atom is -0.332 e. The van der Waals surface area contributed by atoms with Crippen molar-refractivity contribution in [3.63, 3.8) is 0 Å². The Labute approximate surface area is 143 Å². The zero-order valence-electron chi connectivity index (χ0n) is 15.0. The number of rotatable bonds is 1. The monoisotopic (exact) mass is 317 g/mol. The molecule has 0 fully saturated rings. The lowest BCUT2D eigenvalue weighted by Gasteiger charge is -2.02. The molecule has 0 saturated carbocycles. The highest BCUT2D eigenvalue weighted by Crippen LogP contribution is 2.32. The minimum absolute atomic E-state index is 0.805. The van der Waals surface area contributed by atoms with Gasteiger partial charge in [-0.15, -0.1) is 0 Å². The molecule has 0 unspecified atom stereocenters. The van der Waals surface area contributed by atoms with Crippen molar-refractivity contribution in [1.82, 2.24) is 4.57 Å². The van der Waals surface area contributed by atoms with Gasteiger partial charge in [0.2, 0.25) is 0 Å². The summed E-state index contributed by atoms with van der Waals surface area (Å²) in [5.41, 5.74) is 4.55. The molecule has 1 aromatic heterocycles. The predicted octanol–water partition coefficient (Wildman–Crippen LogP) is 5.41. The van der Waals surface area contributed by atoms with E-state index in [0.717, 1.165) is 22.9 Å². The van der Waals surface area contributed by atoms with Crippen LogP contribution in [0, 0.1) is 6.92 Å². The molecule has 1 aliphatic rings. The lowest BCUT2D eigenvalue weighted by atomic mass is 10.1. The highest BCUT2D eigenvalue weighted by Gasteiger charge is 2.19. The summed E-state index contributed by atoms with van der Waals surface area (Å²) >= 11 is 0. The molecule has 122 valence electrons. The molecule has 3 heteroatoms. The van der Waals surface area contributed by atoms with Crippen molar-refractivity contribution in [2.45, 2.75) is 27.7 Å². The molecular weight excluding hydrogens is 294 g/mol. The Morgan fingerprint density at radius 1 is 0.833 bits per heavy atom. The molecule has 0 atom stereocenters. The van der Waals surface area contributed by atoms with Crippen LogP contribution in [0.3, 0.4) is 0 Å². The van der Waals surface area contributed by atoms with Gasteiger partial charge in [-0.2, -0.15) is 0 Å². The smallest absolute Gasteiger partial charge is 0.162 e. The first kappa shape index (κ1) is 16.2. The van der Waals surface area contributed by atoms with E-state index >= 15 is 0 Å². The average Bonchev–Trinajstić information content (AvgIpc) is 3.08. The first-order valence-corrected chi connectivity index (χ1v) is 8.44. The maximum Gasteiger partial charge on any atom is 0.162 e. The van der Waals surface area contributed by atoms with E-state index in [-0.39, 0.29) is 0 Å². The highest BCUT2D eigenvalue weighted by atomic mass is 15.1. The van der Waals surface area contributed by atoms with Gasteiger partial charge in [-0.1, -0.05) is 62.4 Å². The molecule has 3 aromatic rings. The molecule has 2 aromatic carbocycles. The summed E-state index contributed by atoms with van der Waals surface area (Å²) in [6.45, 7) is 8.17. The molecule has 0 N–H and O–H groups in total. The van der Waals surface area contributed by atoms with Crippen molar-refractivity contribution in [2.24, 2.45) is 17.0 Å². The second-order valence-electron chi connectivity index (χ2n) is 5.69. The summed E-state index contributed by atoms with van der Waals surface area (Å²) in [4.78, 5) is 9.55. The van der Waals surface area contributed by atoms with Crippen LogP contribution in [0.4, 0.5) is 5.82 Å². The SMILES string of the molecule is CC.CC1=N/C(=N\c2c3ccccc3c(C)n2C)c2ccccc21. The van der Waals surface area contributed by atoms with E-state index < -0.39 is 0 Å². The maximum atomic E-state index is 4.89. The van der Waals surface area contributed by atoms with Crippen LogP contribution in [0.15, 0.2) is 58.5 Å². The van der Waals surface area contributed by atoms with Gasteiger partial charge in [-0.3, -0.25) is 0 Å². The topological polar surface area (TPSA) is 29.6 Å². The summed E-state index contributed by atoms with van der Waals surface area (Å²) in [6, 6.07) is 16.7. The van der Waals surface area contributed by atoms with E-state index in [1.54, 1.807) is 0 Å². The first-order valence-electron chi connectivity index (χ1n) is 8.44. The van der Waals surface area contributed by atoms with Crippen molar-refractivity contribution >= 4 is 28.1 Å². The molecule has 3 nitrogen and oxygen atoms in total. The van der Waals surface area contributed by atoms with Gasteiger partial charge < -0.3 is 4.57 Å². The minimum atomic E-state index is 0.805. The van der Waals surface area contributed by atoms with Gasteiger partial charge in [0, 0.05) is 40.4 Å². The lowest BCUT2D eigenvalue weighted by molar-refractivity contribution is 0.888. The van der Waals surface area contributed by atoms with E-state index in [1.165, 1.54) is 22.0 Å². The predicted molar refractivity (Wildman–Crippen MR) is 104 cm³/mol. The number of aliphatic imine (C=N–C) groups is 2. The molecule has 0 radical (unpaired) electrons. The molecule has 2 heterocycles. The van der Waals surface area contributed by atoms with E-state index in [4.69, 9.17) is 4.99 Å². The Balaban J connectivity index is 0.000000815. The molecule has 0 aliphatic carbocycles. The van der Waals surface area contributed by atoms with Gasteiger partial charge in [0.1, 0.15) is 5.82 Å². The molecule has 1 aliphatic heterocycles. The third-order valence-corrected chi connectivity index (χ3v) is 4.42. The Morgan fingerprint density at radius 3 is 2.12 bits per heavy atom. The number of aromatic nitrogens is 1. The summed E-state index contributed by atoms with van der Waals surface area (Å²) < 4.78 is 2.14. The van der Waals surface area contributed by atoms with Crippen molar-refractivity contribution in [3.05, 3.63) is 65.4 Å². The normalized spacial score (nSPS) is 14.4. The van der Waals surface area contributed by atoms with Crippen LogP contribution in [0.25, 0.3) is 10.8 Å². The Kier molecular flexibility index (Phi) is 4.34. The quantitative estimate of drug-likeness (QED) is 0.574. The third kappa shape index (κ3) is 2.46. The van der Waals surface area contributed by atoms with Crippen LogP contribution < -0.4 is 0 Å². The van der Waals surface area contributed by atoms with E-state index in [1.807, 2.05) is 32.9 Å². The largest absolute Gasteiger partial charge is 0.332 e. The van der Waals surface area contributed by atoms with Gasteiger partial charge >= 0.3 is 0 Å². The fourth-order valence-electron chi connectivity index (χ4n) is 3.11. The van der Waals surface area contributed by atoms with Crippen molar-refractivity contribution in [1.29, 1.82) is 0 Å². The number of hydrogen-bond acceptors (Lipinski definition) is 1. The summed E-state index contributed by atoms with van der Waals surface area (Å²) in [7, 11) is 2.06. The highest BCUT2D eigenvalue weighted by molar-refractivity contribution is 6.23. The first-order chi connectivity index (χ1) is 11.7. The maximum absolute atomic E-state index is 4.89. The average molecular weight is 317 g/mol. The number of nitrogens with zero attached hydrogens (tertiary/aromatic N) is 3. The molecule has 0 saturated heterocycles. The van der Waals surface area contributed by atoms with Crippen LogP contribution in [0.1, 0.15) is 37.6 Å². The standard InChI is InChI=1S/C19H17N3.C2H6/c1-12-14-8-4-6-10-16(14)18(20-12)21-19-17-11-7-5-9-15(17)13(2)22(19)3;1-2/h4-11H,1-3H3;1-2H3/b21-18-;. The number of hydrogen-bond donors (Lipinski definition) is 0. The van der Waals surface area contributed by atoms with Gasteiger partial charge in [-0.05, 0) is 13.8 Å². The third-order valence-electron chi connectivity index (χ3n) is 4.42. The second-order valence-corrected chi connectivity index (χ2v) is 5.69. The van der Waals surface area contributed by atoms with Crippen LogP contribution in [0.2, 0.25) is 0 Å². The molecular formula is C21H23N3. The molecule has 0 spiro atoms. The van der Waals surface area contributed by atoms with Gasteiger partial charge in [-0.25, -0.2) is 9.98 Å². The van der Waals surface area contributed by atoms with Crippen molar-refractivity contribution in [3.8, 4) is 0 Å². The number of aryl methyl sites for hydroxylation is 1. The summed E-state index contributed by atoms with van der Waals surface area (Å²) in [6.07, 6.45) is 0. The Bertz CT molecular complexity index is 958. The number of fused-ring (bicyclic) bond motifs is 2. The number of benzene rings is 2. The fourth-order valence-corrected chi connectivity index (χ4v) is 3.11. The van der Waals surface area contributed by atoms with E-state index in [0.29, 0.717) is 0 Å². The Hall–Kier alpha value is -2.68. The van der Waals surface area contributed by atoms with Crippen LogP contribution in [0.5, 0.6) is 0 Å². The van der Waals surface area contributed by atoms with Crippen molar-refractivity contribution in [2.75, 3.05) is 0 Å². The Morgan fingerprint density at radius 2 is 1.42 bits per heavy atom. The summed E-state index contributed by atoms with van der Waals surface area (Å²) in [5.74, 6) is 1.77. The van der Waals surface area contributed by atoms with Gasteiger partial charge in [0.15, 0.2) is 5.84 Å². The van der Waals surface area contributed by atoms with Crippen molar-refractivity contribution < 1.29 is 0 Å². The summed E-state index contributed by atoms with van der Waals surface area (Å²) in [5, 5.41) is 2.42. The fraction of sp³-hybridized carbons (Fsp3) is 0.238. The zero-order valence-corrected chi connectivity index (χ0v) is 15.0. The van der Waals surface area contributed by atoms with Crippen LogP contribution in [-0.4, -0.2) is 16.1 Å².